The summed E-state index contributed by atoms with van der Waals surface area (Å²) in [4.78, 5) is 22.9. The molecule has 0 aliphatic carbocycles. The Morgan fingerprint density at radius 3 is 2.52 bits per heavy atom. The van der Waals surface area contributed by atoms with E-state index in [9.17, 15) is 14.9 Å². The average Bonchev–Trinajstić information content (AvgIpc) is 2.79. The van der Waals surface area contributed by atoms with Gasteiger partial charge < -0.3 is 9.47 Å². The highest BCUT2D eigenvalue weighted by atomic mass is 127. The first kappa shape index (κ1) is 25.2. The van der Waals surface area contributed by atoms with Gasteiger partial charge >= 0.3 is 0 Å². The Kier molecular flexibility index (Phi) is 8.86. The molecule has 0 aromatic heterocycles. The van der Waals surface area contributed by atoms with Crippen LogP contribution in [-0.2, 0) is 6.61 Å². The number of carbonyl (C=O) groups is 1. The van der Waals surface area contributed by atoms with Crippen molar-refractivity contribution in [1.29, 1.82) is 0 Å². The number of non-ortho nitro benzene ring substituents is 1. The van der Waals surface area contributed by atoms with Crippen molar-refractivity contribution in [3.63, 3.8) is 0 Å². The van der Waals surface area contributed by atoms with Gasteiger partial charge in [-0.1, -0.05) is 29.8 Å². The number of nitro groups is 1. The van der Waals surface area contributed by atoms with E-state index in [0.29, 0.717) is 11.6 Å². The number of methoxy groups -OCH3 is 1. The molecular weight excluding hydrogens is 676 g/mol. The van der Waals surface area contributed by atoms with E-state index in [0.717, 1.165) is 30.1 Å². The molecule has 1 amide bonds. The van der Waals surface area contributed by atoms with E-state index < -0.39 is 10.8 Å². The normalized spacial score (nSPS) is 10.8. The van der Waals surface area contributed by atoms with E-state index in [1.807, 2.05) is 36.4 Å². The number of nitrogens with one attached hydrogen (secondary N) is 1. The van der Waals surface area contributed by atoms with Crippen molar-refractivity contribution < 1.29 is 19.2 Å². The zero-order chi connectivity index (χ0) is 24.0. The maximum Gasteiger partial charge on any atom is 0.275 e. The van der Waals surface area contributed by atoms with Gasteiger partial charge in [0.1, 0.15) is 18.1 Å². The van der Waals surface area contributed by atoms with Gasteiger partial charge in [-0.15, -0.1) is 0 Å². The molecule has 0 unspecified atom stereocenters. The van der Waals surface area contributed by atoms with Crippen molar-refractivity contribution in [1.82, 2.24) is 5.43 Å². The second kappa shape index (κ2) is 11.6. The van der Waals surface area contributed by atoms with Gasteiger partial charge in [-0.2, -0.15) is 5.10 Å². The number of nitro benzene ring substituents is 1. The van der Waals surface area contributed by atoms with Crippen LogP contribution in [0.2, 0.25) is 5.02 Å². The molecule has 0 bridgehead atoms. The Bertz CT molecular complexity index is 1210. The van der Waals surface area contributed by atoms with Crippen LogP contribution in [-0.4, -0.2) is 24.2 Å². The molecule has 0 heterocycles. The minimum Gasteiger partial charge on any atom is -0.496 e. The first-order valence-corrected chi connectivity index (χ1v) is 11.8. The number of amides is 1. The van der Waals surface area contributed by atoms with E-state index in [-0.39, 0.29) is 17.0 Å². The summed E-state index contributed by atoms with van der Waals surface area (Å²) < 4.78 is 12.8. The van der Waals surface area contributed by atoms with E-state index in [2.05, 4.69) is 55.7 Å². The fourth-order valence-electron chi connectivity index (χ4n) is 2.77. The minimum absolute atomic E-state index is 0.0105. The van der Waals surface area contributed by atoms with Crippen molar-refractivity contribution in [3.8, 4) is 11.5 Å². The minimum atomic E-state index is -0.629. The van der Waals surface area contributed by atoms with Crippen molar-refractivity contribution in [3.05, 3.63) is 93.6 Å². The second-order valence-electron chi connectivity index (χ2n) is 6.53. The first-order valence-electron chi connectivity index (χ1n) is 9.31. The van der Waals surface area contributed by atoms with Crippen LogP contribution in [0.4, 0.5) is 5.69 Å². The van der Waals surface area contributed by atoms with Crippen molar-refractivity contribution >= 4 is 74.6 Å². The summed E-state index contributed by atoms with van der Waals surface area (Å²) in [6.07, 6.45) is 1.48. The van der Waals surface area contributed by atoms with Gasteiger partial charge in [-0.25, -0.2) is 5.43 Å². The van der Waals surface area contributed by atoms with Crippen molar-refractivity contribution in [2.75, 3.05) is 7.11 Å². The summed E-state index contributed by atoms with van der Waals surface area (Å²) in [5, 5.41) is 15.6. The Labute approximate surface area is 221 Å². The third kappa shape index (κ3) is 6.54. The monoisotopic (exact) mass is 691 g/mol. The Morgan fingerprint density at radius 1 is 1.18 bits per heavy atom. The van der Waals surface area contributed by atoms with Crippen LogP contribution in [0.5, 0.6) is 11.5 Å². The van der Waals surface area contributed by atoms with Crippen LogP contribution in [0.3, 0.4) is 0 Å². The highest BCUT2D eigenvalue weighted by Gasteiger charge is 2.17. The van der Waals surface area contributed by atoms with Crippen LogP contribution in [0, 0.1) is 17.3 Å². The predicted octanol–water partition coefficient (Wildman–Crippen LogP) is 5.81. The summed E-state index contributed by atoms with van der Waals surface area (Å²) in [5.41, 5.74) is 3.78. The number of hydrogen-bond donors (Lipinski definition) is 1. The molecular formula is C22H16ClI2N3O5. The smallest absolute Gasteiger partial charge is 0.275 e. The molecule has 3 aromatic carbocycles. The van der Waals surface area contributed by atoms with Crippen LogP contribution < -0.4 is 14.9 Å². The molecule has 0 saturated carbocycles. The van der Waals surface area contributed by atoms with E-state index in [4.69, 9.17) is 21.1 Å². The number of halogens is 3. The highest BCUT2D eigenvalue weighted by Crippen LogP contribution is 2.30. The molecule has 0 fully saturated rings. The number of nitrogens with zero attached hydrogens (tertiary/aromatic N) is 2. The molecule has 0 aliphatic heterocycles. The van der Waals surface area contributed by atoms with Gasteiger partial charge in [-0.3, -0.25) is 14.9 Å². The van der Waals surface area contributed by atoms with Crippen molar-refractivity contribution in [2.24, 2.45) is 5.10 Å². The van der Waals surface area contributed by atoms with E-state index in [1.165, 1.54) is 25.5 Å². The lowest BCUT2D eigenvalue weighted by atomic mass is 10.1. The van der Waals surface area contributed by atoms with Gasteiger partial charge in [0.15, 0.2) is 0 Å². The van der Waals surface area contributed by atoms with Gasteiger partial charge in [0.2, 0.25) is 0 Å². The SMILES string of the molecule is COc1ccc([N+](=O)[O-])cc1C(=O)NN=Cc1cc(I)c(OCc2ccccc2Cl)c(I)c1. The summed E-state index contributed by atoms with van der Waals surface area (Å²) in [5.74, 6) is 0.298. The third-order valence-electron chi connectivity index (χ3n) is 4.37. The second-order valence-corrected chi connectivity index (χ2v) is 9.27. The van der Waals surface area contributed by atoms with Crippen molar-refractivity contribution in [2.45, 2.75) is 6.61 Å². The molecule has 33 heavy (non-hydrogen) atoms. The molecule has 3 rings (SSSR count). The van der Waals surface area contributed by atoms with Crippen LogP contribution >= 0.6 is 56.8 Å². The highest BCUT2D eigenvalue weighted by molar-refractivity contribution is 14.1. The van der Waals surface area contributed by atoms with Crippen LogP contribution in [0.25, 0.3) is 0 Å². The number of hydrogen-bond acceptors (Lipinski definition) is 6. The molecule has 0 radical (unpaired) electrons. The van der Waals surface area contributed by atoms with E-state index in [1.54, 1.807) is 0 Å². The lowest BCUT2D eigenvalue weighted by Gasteiger charge is -2.12. The van der Waals surface area contributed by atoms with Gasteiger partial charge in [0.05, 0.1) is 31.0 Å². The zero-order valence-electron chi connectivity index (χ0n) is 17.1. The Hall–Kier alpha value is -2.45. The molecule has 0 saturated heterocycles. The predicted molar refractivity (Wildman–Crippen MR) is 142 cm³/mol. The average molecular weight is 692 g/mol. The largest absolute Gasteiger partial charge is 0.496 e. The Morgan fingerprint density at radius 2 is 1.88 bits per heavy atom. The van der Waals surface area contributed by atoms with Gasteiger partial charge in [-0.05, 0) is 75.0 Å². The first-order chi connectivity index (χ1) is 15.8. The van der Waals surface area contributed by atoms with Gasteiger partial charge in [0, 0.05) is 22.7 Å². The molecule has 1 N–H and O–H groups in total. The fraction of sp³-hybridized carbons (Fsp3) is 0.0909. The maximum absolute atomic E-state index is 12.5. The number of benzene rings is 3. The maximum atomic E-state index is 12.5. The standard InChI is InChI=1S/C22H16ClI2N3O5/c1-32-20-7-6-15(28(30)31)10-16(20)22(29)27-26-11-13-8-18(24)21(19(25)9-13)33-12-14-4-2-3-5-17(14)23/h2-11H,12H2,1H3,(H,27,29). The number of rotatable bonds is 8. The number of carbonyl (C=O) groups excluding carboxylic acids is 1. The lowest BCUT2D eigenvalue weighted by Crippen LogP contribution is -2.18. The molecule has 0 atom stereocenters. The third-order valence-corrected chi connectivity index (χ3v) is 6.34. The van der Waals surface area contributed by atoms with Crippen LogP contribution in [0.15, 0.2) is 59.7 Å². The van der Waals surface area contributed by atoms with Crippen LogP contribution in [0.1, 0.15) is 21.5 Å². The molecule has 8 nitrogen and oxygen atoms in total. The molecule has 3 aromatic rings. The lowest BCUT2D eigenvalue weighted by molar-refractivity contribution is -0.384. The topological polar surface area (TPSA) is 103 Å². The summed E-state index contributed by atoms with van der Waals surface area (Å²) in [6.45, 7) is 0.334. The summed E-state index contributed by atoms with van der Waals surface area (Å²) in [7, 11) is 1.38. The number of hydrazone groups is 1. The quantitative estimate of drug-likeness (QED) is 0.139. The van der Waals surface area contributed by atoms with E-state index >= 15 is 0 Å². The zero-order valence-corrected chi connectivity index (χ0v) is 22.1. The van der Waals surface area contributed by atoms with Gasteiger partial charge in [0.25, 0.3) is 11.6 Å². The number of ether oxygens (including phenoxy) is 2. The molecule has 11 heteroatoms. The summed E-state index contributed by atoms with van der Waals surface area (Å²) in [6, 6.07) is 15.0. The molecule has 0 aliphatic rings. The molecule has 170 valence electrons. The Balaban J connectivity index is 1.71. The molecule has 0 spiro atoms. The summed E-state index contributed by atoms with van der Waals surface area (Å²) >= 11 is 10.5. The fourth-order valence-corrected chi connectivity index (χ4v) is 5.09.